The second-order valence-corrected chi connectivity index (χ2v) is 4.69. The Morgan fingerprint density at radius 2 is 1.74 bits per heavy atom. The number of nitrogens with one attached hydrogen (secondary N) is 1. The van der Waals surface area contributed by atoms with Crippen molar-refractivity contribution >= 4 is 0 Å². The topological polar surface area (TPSA) is 12.0 Å². The maximum Gasteiger partial charge on any atom is 0.126 e. The van der Waals surface area contributed by atoms with Gasteiger partial charge < -0.3 is 5.32 Å². The fourth-order valence-corrected chi connectivity index (χ4v) is 2.10. The van der Waals surface area contributed by atoms with Crippen LogP contribution in [0.5, 0.6) is 0 Å². The molecule has 100 valence electrons. The summed E-state index contributed by atoms with van der Waals surface area (Å²) in [5.41, 5.74) is 2.63. The van der Waals surface area contributed by atoms with E-state index in [2.05, 4.69) is 5.32 Å². The number of rotatable bonds is 4. The summed E-state index contributed by atoms with van der Waals surface area (Å²) in [5.74, 6) is -0.774. The fourth-order valence-electron chi connectivity index (χ4n) is 2.10. The van der Waals surface area contributed by atoms with Crippen molar-refractivity contribution in [3.05, 3.63) is 70.8 Å². The lowest BCUT2D eigenvalue weighted by Gasteiger charge is -2.17. The summed E-state index contributed by atoms with van der Waals surface area (Å²) in [6, 6.07) is 11.6. The monoisotopic (exact) mass is 261 g/mol. The van der Waals surface area contributed by atoms with Gasteiger partial charge in [0.2, 0.25) is 0 Å². The Bertz CT molecular complexity index is 549. The molecule has 0 saturated heterocycles. The van der Waals surface area contributed by atoms with Gasteiger partial charge in [-0.3, -0.25) is 0 Å². The van der Waals surface area contributed by atoms with Crippen LogP contribution in [0.3, 0.4) is 0 Å². The highest BCUT2D eigenvalue weighted by Gasteiger charge is 2.13. The van der Waals surface area contributed by atoms with Crippen molar-refractivity contribution in [2.75, 3.05) is 7.05 Å². The normalized spacial score (nSPS) is 12.4. The van der Waals surface area contributed by atoms with Crippen molar-refractivity contribution in [1.29, 1.82) is 0 Å². The molecule has 0 aliphatic carbocycles. The molecule has 0 amide bonds. The van der Waals surface area contributed by atoms with Crippen LogP contribution in [0.15, 0.2) is 42.5 Å². The van der Waals surface area contributed by atoms with Crippen LogP contribution >= 0.6 is 0 Å². The molecule has 0 saturated carbocycles. The van der Waals surface area contributed by atoms with Gasteiger partial charge in [-0.2, -0.15) is 0 Å². The lowest BCUT2D eigenvalue weighted by atomic mass is 9.98. The van der Waals surface area contributed by atoms with E-state index in [0.717, 1.165) is 11.6 Å². The molecule has 0 heterocycles. The average molecular weight is 261 g/mol. The lowest BCUT2D eigenvalue weighted by Crippen LogP contribution is -2.19. The molecule has 0 fully saturated rings. The lowest BCUT2D eigenvalue weighted by molar-refractivity contribution is 0.544. The molecule has 0 radical (unpaired) electrons. The van der Waals surface area contributed by atoms with Crippen molar-refractivity contribution in [1.82, 2.24) is 5.32 Å². The van der Waals surface area contributed by atoms with Crippen molar-refractivity contribution in [2.45, 2.75) is 19.4 Å². The van der Waals surface area contributed by atoms with Crippen molar-refractivity contribution in [3.8, 4) is 0 Å². The van der Waals surface area contributed by atoms with Crippen LogP contribution in [0.1, 0.15) is 22.7 Å². The predicted octanol–water partition coefficient (Wildman–Crippen LogP) is 3.78. The summed E-state index contributed by atoms with van der Waals surface area (Å²) in [7, 11) is 1.82. The van der Waals surface area contributed by atoms with E-state index >= 15 is 0 Å². The van der Waals surface area contributed by atoms with Gasteiger partial charge >= 0.3 is 0 Å². The van der Waals surface area contributed by atoms with E-state index in [0.29, 0.717) is 12.0 Å². The second kappa shape index (κ2) is 5.93. The average Bonchev–Trinajstić information content (AvgIpc) is 2.41. The molecule has 2 aromatic rings. The molecule has 0 bridgehead atoms. The Kier molecular flexibility index (Phi) is 4.27. The minimum atomic E-state index is -0.407. The summed E-state index contributed by atoms with van der Waals surface area (Å²) in [4.78, 5) is 0. The zero-order valence-electron chi connectivity index (χ0n) is 11.1. The van der Waals surface area contributed by atoms with Crippen LogP contribution in [0.2, 0.25) is 0 Å². The number of halogens is 2. The SMILES string of the molecule is CNC(Cc1cc(F)ccc1F)c1ccc(C)cc1. The molecular formula is C16H17F2N. The van der Waals surface area contributed by atoms with Gasteiger partial charge in [-0.15, -0.1) is 0 Å². The number of aryl methyl sites for hydroxylation is 1. The molecule has 2 aromatic carbocycles. The summed E-state index contributed by atoms with van der Waals surface area (Å²) in [6.07, 6.45) is 0.420. The minimum absolute atomic E-state index is 0.0306. The molecule has 2 rings (SSSR count). The zero-order valence-corrected chi connectivity index (χ0v) is 11.1. The third kappa shape index (κ3) is 3.38. The van der Waals surface area contributed by atoms with Crippen LogP contribution in [-0.2, 0) is 6.42 Å². The summed E-state index contributed by atoms with van der Waals surface area (Å²) in [5, 5.41) is 3.14. The smallest absolute Gasteiger partial charge is 0.126 e. The highest BCUT2D eigenvalue weighted by atomic mass is 19.1. The van der Waals surface area contributed by atoms with Gasteiger partial charge in [-0.1, -0.05) is 29.8 Å². The van der Waals surface area contributed by atoms with Crippen molar-refractivity contribution in [2.24, 2.45) is 0 Å². The Morgan fingerprint density at radius 1 is 1.05 bits per heavy atom. The molecular weight excluding hydrogens is 244 g/mol. The molecule has 0 aromatic heterocycles. The molecule has 19 heavy (non-hydrogen) atoms. The summed E-state index contributed by atoms with van der Waals surface area (Å²) in [6.45, 7) is 2.02. The highest BCUT2D eigenvalue weighted by Crippen LogP contribution is 2.21. The summed E-state index contributed by atoms with van der Waals surface area (Å²) < 4.78 is 26.8. The van der Waals surface area contributed by atoms with Gasteiger partial charge in [0.25, 0.3) is 0 Å². The maximum absolute atomic E-state index is 13.7. The third-order valence-electron chi connectivity index (χ3n) is 3.26. The highest BCUT2D eigenvalue weighted by molar-refractivity contribution is 5.27. The minimum Gasteiger partial charge on any atom is -0.313 e. The van der Waals surface area contributed by atoms with Crippen LogP contribution < -0.4 is 5.32 Å². The molecule has 3 heteroatoms. The van der Waals surface area contributed by atoms with Gasteiger partial charge in [0.15, 0.2) is 0 Å². The van der Waals surface area contributed by atoms with Gasteiger partial charge in [-0.25, -0.2) is 8.78 Å². The first-order valence-electron chi connectivity index (χ1n) is 6.28. The zero-order chi connectivity index (χ0) is 13.8. The Morgan fingerprint density at radius 3 is 2.37 bits per heavy atom. The first-order valence-corrected chi connectivity index (χ1v) is 6.28. The summed E-state index contributed by atoms with van der Waals surface area (Å²) >= 11 is 0. The number of benzene rings is 2. The van der Waals surface area contributed by atoms with E-state index in [1.54, 1.807) is 0 Å². The van der Waals surface area contributed by atoms with E-state index in [9.17, 15) is 8.78 Å². The first-order chi connectivity index (χ1) is 9.10. The predicted molar refractivity (Wildman–Crippen MR) is 73.0 cm³/mol. The molecule has 1 N–H and O–H groups in total. The fraction of sp³-hybridized carbons (Fsp3) is 0.250. The maximum atomic E-state index is 13.7. The Labute approximate surface area is 112 Å². The van der Waals surface area contributed by atoms with Gasteiger partial charge in [0.05, 0.1) is 0 Å². The van der Waals surface area contributed by atoms with Gasteiger partial charge in [-0.05, 0) is 49.7 Å². The van der Waals surface area contributed by atoms with Gasteiger partial charge in [0, 0.05) is 6.04 Å². The van der Waals surface area contributed by atoms with Gasteiger partial charge in [0.1, 0.15) is 11.6 Å². The number of likely N-dealkylation sites (N-methyl/N-ethyl adjacent to an activating group) is 1. The van der Waals surface area contributed by atoms with Crippen molar-refractivity contribution < 1.29 is 8.78 Å². The quantitative estimate of drug-likeness (QED) is 0.883. The first kappa shape index (κ1) is 13.7. The molecule has 1 unspecified atom stereocenters. The molecule has 0 aliphatic rings. The number of hydrogen-bond acceptors (Lipinski definition) is 1. The Balaban J connectivity index is 2.23. The van der Waals surface area contributed by atoms with E-state index < -0.39 is 5.82 Å². The molecule has 0 aliphatic heterocycles. The van der Waals surface area contributed by atoms with Crippen LogP contribution in [0.25, 0.3) is 0 Å². The molecule has 1 nitrogen and oxygen atoms in total. The van der Waals surface area contributed by atoms with Crippen LogP contribution in [0.4, 0.5) is 8.78 Å². The molecule has 1 atom stereocenters. The van der Waals surface area contributed by atoms with E-state index in [1.165, 1.54) is 17.7 Å². The van der Waals surface area contributed by atoms with Crippen LogP contribution in [0, 0.1) is 18.6 Å². The van der Waals surface area contributed by atoms with E-state index in [4.69, 9.17) is 0 Å². The third-order valence-corrected chi connectivity index (χ3v) is 3.26. The number of hydrogen-bond donors (Lipinski definition) is 1. The molecule has 0 spiro atoms. The van der Waals surface area contributed by atoms with Crippen LogP contribution in [-0.4, -0.2) is 7.05 Å². The largest absolute Gasteiger partial charge is 0.313 e. The standard InChI is InChI=1S/C16H17F2N/c1-11-3-5-12(6-4-11)16(19-2)10-13-9-14(17)7-8-15(13)18/h3-9,16,19H,10H2,1-2H3. The van der Waals surface area contributed by atoms with E-state index in [1.807, 2.05) is 38.2 Å². The second-order valence-electron chi connectivity index (χ2n) is 4.69. The van der Waals surface area contributed by atoms with E-state index in [-0.39, 0.29) is 11.9 Å². The van der Waals surface area contributed by atoms with Crippen molar-refractivity contribution in [3.63, 3.8) is 0 Å². The Hall–Kier alpha value is -1.74.